The van der Waals surface area contributed by atoms with Crippen LogP contribution in [0, 0.1) is 0 Å². The van der Waals surface area contributed by atoms with Gasteiger partial charge in [-0.05, 0) is 44.2 Å². The lowest BCUT2D eigenvalue weighted by Gasteiger charge is -2.36. The molecule has 5 rings (SSSR count). The monoisotopic (exact) mass is 454 g/mol. The van der Waals surface area contributed by atoms with Gasteiger partial charge in [-0.2, -0.15) is 0 Å². The number of hydrogen-bond acceptors (Lipinski definition) is 5. The first-order valence-electron chi connectivity index (χ1n) is 10.7. The van der Waals surface area contributed by atoms with E-state index < -0.39 is 5.25 Å². The number of amides is 1. The fourth-order valence-electron chi connectivity index (χ4n) is 4.82. The average molecular weight is 455 g/mol. The first-order chi connectivity index (χ1) is 15.2. The van der Waals surface area contributed by atoms with Crippen LogP contribution in [0.1, 0.15) is 49.1 Å². The molecule has 0 bridgehead atoms. The van der Waals surface area contributed by atoms with E-state index in [-0.39, 0.29) is 34.4 Å². The van der Waals surface area contributed by atoms with E-state index in [9.17, 15) is 14.4 Å². The number of carbonyl (C=O) groups excluding carboxylic acids is 1. The maximum atomic E-state index is 13.3. The molecule has 1 fully saturated rings. The van der Waals surface area contributed by atoms with Gasteiger partial charge < -0.3 is 14.6 Å². The van der Waals surface area contributed by atoms with Crippen LogP contribution in [-0.2, 0) is 16.6 Å². The highest BCUT2D eigenvalue weighted by Gasteiger charge is 2.36. The molecule has 2 N–H and O–H groups in total. The second-order valence-electron chi connectivity index (χ2n) is 9.09. The third kappa shape index (κ3) is 3.49. The number of fused-ring (bicyclic) bond motifs is 2. The maximum Gasteiger partial charge on any atom is 0.270 e. The van der Waals surface area contributed by atoms with E-state index in [0.29, 0.717) is 30.0 Å². The zero-order valence-electron chi connectivity index (χ0n) is 18.3. The Balaban J connectivity index is 1.68. The van der Waals surface area contributed by atoms with Crippen LogP contribution in [0.4, 0.5) is 5.82 Å². The minimum Gasteiger partial charge on any atom is -0.375 e. The molecule has 0 spiro atoms. The molecule has 1 saturated heterocycles. The Morgan fingerprint density at radius 3 is 2.75 bits per heavy atom. The van der Waals surface area contributed by atoms with Crippen LogP contribution in [0.3, 0.4) is 0 Å². The van der Waals surface area contributed by atoms with Gasteiger partial charge in [-0.1, -0.05) is 18.2 Å². The van der Waals surface area contributed by atoms with E-state index in [1.807, 2.05) is 44.2 Å². The maximum absolute atomic E-state index is 13.3. The van der Waals surface area contributed by atoms with Crippen molar-refractivity contribution in [2.45, 2.75) is 43.6 Å². The van der Waals surface area contributed by atoms with Crippen molar-refractivity contribution in [3.63, 3.8) is 0 Å². The first kappa shape index (κ1) is 21.1. The summed E-state index contributed by atoms with van der Waals surface area (Å²) in [5.74, 6) is 0.442. The molecular formula is C23H26N4O4S. The van der Waals surface area contributed by atoms with Crippen molar-refractivity contribution < 1.29 is 9.53 Å². The molecule has 32 heavy (non-hydrogen) atoms. The number of thioether (sulfide) groups is 1. The number of ether oxygens (including phenoxy) is 1. The minimum absolute atomic E-state index is 0.0151. The van der Waals surface area contributed by atoms with Crippen molar-refractivity contribution in [1.29, 1.82) is 0 Å². The molecule has 2 aliphatic rings. The molecule has 168 valence electrons. The highest BCUT2D eigenvalue weighted by molar-refractivity contribution is 8.00. The van der Waals surface area contributed by atoms with E-state index in [0.717, 1.165) is 17.3 Å². The van der Waals surface area contributed by atoms with Crippen molar-refractivity contribution in [3.8, 4) is 0 Å². The normalized spacial score (nSPS) is 22.9. The number of hydrogen-bond donors (Lipinski definition) is 2. The molecule has 1 amide bonds. The fraction of sp³-hybridized carbons (Fsp3) is 0.435. The standard InChI is InChI=1S/C23H26N4O4S/c1-23(2)11-14(8-9-31-23)27-20-18(21(29)25-27)19(32-12-17(28)24-20)15-10-13-6-4-5-7-16(13)26(3)22(15)30/h4-7,10,14,19H,8-9,11-12H2,1-3H3,(H,24,28)(H,25,29)/t14-,19-/m0/s1. The Hall–Kier alpha value is -2.78. The van der Waals surface area contributed by atoms with Crippen LogP contribution in [-0.4, -0.2) is 38.2 Å². The summed E-state index contributed by atoms with van der Waals surface area (Å²) in [6.07, 6.45) is 1.43. The molecule has 3 aromatic rings. The summed E-state index contributed by atoms with van der Waals surface area (Å²) in [5.41, 5.74) is 0.987. The van der Waals surface area contributed by atoms with Crippen LogP contribution in [0.15, 0.2) is 39.9 Å². The lowest BCUT2D eigenvalue weighted by atomic mass is 9.94. The summed E-state index contributed by atoms with van der Waals surface area (Å²) in [4.78, 5) is 39.1. The van der Waals surface area contributed by atoms with Crippen molar-refractivity contribution in [2.24, 2.45) is 7.05 Å². The molecule has 8 nitrogen and oxygen atoms in total. The van der Waals surface area contributed by atoms with Gasteiger partial charge in [0.1, 0.15) is 5.82 Å². The molecule has 1 aromatic carbocycles. The summed E-state index contributed by atoms with van der Waals surface area (Å²) in [6, 6.07) is 9.49. The molecule has 0 saturated carbocycles. The second kappa shape index (κ2) is 7.67. The second-order valence-corrected chi connectivity index (χ2v) is 10.2. The molecule has 2 atom stereocenters. The SMILES string of the molecule is Cn1c(=O)c([C@@H]2SCC(=O)Nc3c2c(=O)[nH]n3[C@H]2CCOC(C)(C)C2)cc2ccccc21. The summed E-state index contributed by atoms with van der Waals surface area (Å²) in [7, 11) is 1.74. The van der Waals surface area contributed by atoms with Gasteiger partial charge in [0.2, 0.25) is 5.91 Å². The highest BCUT2D eigenvalue weighted by Crippen LogP contribution is 2.41. The number of benzene rings is 1. The fourth-order valence-corrected chi connectivity index (χ4v) is 5.94. The molecule has 0 unspecified atom stereocenters. The number of aromatic nitrogens is 3. The van der Waals surface area contributed by atoms with E-state index >= 15 is 0 Å². The number of aryl methyl sites for hydroxylation is 1. The molecule has 0 radical (unpaired) electrons. The number of anilines is 1. The minimum atomic E-state index is -0.551. The van der Waals surface area contributed by atoms with E-state index in [1.165, 1.54) is 11.8 Å². The largest absolute Gasteiger partial charge is 0.375 e. The van der Waals surface area contributed by atoms with Gasteiger partial charge in [0.25, 0.3) is 11.1 Å². The van der Waals surface area contributed by atoms with Crippen molar-refractivity contribution in [1.82, 2.24) is 14.3 Å². The van der Waals surface area contributed by atoms with Crippen LogP contribution >= 0.6 is 11.8 Å². The number of nitrogens with one attached hydrogen (secondary N) is 2. The zero-order valence-corrected chi connectivity index (χ0v) is 19.1. The van der Waals surface area contributed by atoms with Crippen LogP contribution < -0.4 is 16.4 Å². The van der Waals surface area contributed by atoms with Gasteiger partial charge in [-0.15, -0.1) is 11.8 Å². The molecule has 9 heteroatoms. The highest BCUT2D eigenvalue weighted by atomic mass is 32.2. The number of para-hydroxylation sites is 1. The molecule has 0 aliphatic carbocycles. The number of rotatable bonds is 2. The molecule has 4 heterocycles. The zero-order chi connectivity index (χ0) is 22.6. The Labute approximate surface area is 188 Å². The Morgan fingerprint density at radius 2 is 1.97 bits per heavy atom. The molecule has 2 aromatic heterocycles. The van der Waals surface area contributed by atoms with Crippen LogP contribution in [0.25, 0.3) is 10.9 Å². The van der Waals surface area contributed by atoms with Crippen molar-refractivity contribution >= 4 is 34.4 Å². The Kier molecular flexibility index (Phi) is 5.05. The number of H-pyrrole nitrogens is 1. The van der Waals surface area contributed by atoms with E-state index in [4.69, 9.17) is 4.74 Å². The van der Waals surface area contributed by atoms with Gasteiger partial charge >= 0.3 is 0 Å². The summed E-state index contributed by atoms with van der Waals surface area (Å²) >= 11 is 1.31. The van der Waals surface area contributed by atoms with Gasteiger partial charge in [0, 0.05) is 19.2 Å². The molecular weight excluding hydrogens is 428 g/mol. The lowest BCUT2D eigenvalue weighted by molar-refractivity contribution is -0.113. The number of nitrogens with zero attached hydrogens (tertiary/aromatic N) is 2. The summed E-state index contributed by atoms with van der Waals surface area (Å²) in [5, 5.41) is 6.24. The van der Waals surface area contributed by atoms with Crippen LogP contribution in [0.5, 0.6) is 0 Å². The number of aromatic amines is 1. The van der Waals surface area contributed by atoms with Gasteiger partial charge in [0.15, 0.2) is 0 Å². The van der Waals surface area contributed by atoms with E-state index in [1.54, 1.807) is 16.3 Å². The quantitative estimate of drug-likeness (QED) is 0.621. The lowest BCUT2D eigenvalue weighted by Crippen LogP contribution is -2.36. The number of carbonyl (C=O) groups is 1. The summed E-state index contributed by atoms with van der Waals surface area (Å²) < 4.78 is 9.22. The summed E-state index contributed by atoms with van der Waals surface area (Å²) in [6.45, 7) is 4.62. The van der Waals surface area contributed by atoms with Crippen LogP contribution in [0.2, 0.25) is 0 Å². The predicted octanol–water partition coefficient (Wildman–Crippen LogP) is 2.93. The van der Waals surface area contributed by atoms with Gasteiger partial charge in [0.05, 0.1) is 33.7 Å². The third-order valence-corrected chi connectivity index (χ3v) is 7.59. The third-order valence-electron chi connectivity index (χ3n) is 6.34. The van der Waals surface area contributed by atoms with Gasteiger partial charge in [-0.3, -0.25) is 24.2 Å². The van der Waals surface area contributed by atoms with Gasteiger partial charge in [-0.25, -0.2) is 0 Å². The number of pyridine rings is 1. The van der Waals surface area contributed by atoms with Crippen molar-refractivity contribution in [3.05, 3.63) is 62.2 Å². The smallest absolute Gasteiger partial charge is 0.270 e. The Morgan fingerprint density at radius 1 is 1.19 bits per heavy atom. The average Bonchev–Trinajstić information content (AvgIpc) is 2.96. The first-order valence-corrected chi connectivity index (χ1v) is 11.8. The van der Waals surface area contributed by atoms with Crippen molar-refractivity contribution in [2.75, 3.05) is 17.7 Å². The van der Waals surface area contributed by atoms with E-state index in [2.05, 4.69) is 10.4 Å². The molecule has 2 aliphatic heterocycles. The predicted molar refractivity (Wildman–Crippen MR) is 125 cm³/mol. The topological polar surface area (TPSA) is 98.1 Å². The Bertz CT molecular complexity index is 1340.